The van der Waals surface area contributed by atoms with Crippen molar-refractivity contribution in [2.24, 2.45) is 0 Å². The molecule has 0 bridgehead atoms. The summed E-state index contributed by atoms with van der Waals surface area (Å²) in [6.45, 7) is 0.368. The van der Waals surface area contributed by atoms with E-state index in [1.165, 1.54) is 36.4 Å². The third-order valence-electron chi connectivity index (χ3n) is 3.21. The van der Waals surface area contributed by atoms with Crippen LogP contribution in [0.2, 0.25) is 0 Å². The lowest BCUT2D eigenvalue weighted by molar-refractivity contribution is 0.0954. The number of hydrogen-bond donors (Lipinski definition) is 5. The van der Waals surface area contributed by atoms with Gasteiger partial charge in [0.1, 0.15) is 0 Å². The van der Waals surface area contributed by atoms with Gasteiger partial charge in [-0.25, -0.2) is 0 Å². The molecule has 0 aromatic heterocycles. The molecule has 0 saturated heterocycles. The highest BCUT2D eigenvalue weighted by Gasteiger charge is 2.11. The Labute approximate surface area is 127 Å². The van der Waals surface area contributed by atoms with Crippen molar-refractivity contribution in [3.05, 3.63) is 53.6 Å². The van der Waals surface area contributed by atoms with E-state index < -0.39 is 7.12 Å². The lowest BCUT2D eigenvalue weighted by Gasteiger charge is -2.07. The van der Waals surface area contributed by atoms with Crippen LogP contribution in [0.5, 0.6) is 11.5 Å². The predicted octanol–water partition coefficient (Wildman–Crippen LogP) is -0.250. The summed E-state index contributed by atoms with van der Waals surface area (Å²) in [5.74, 6) is -0.650. The molecule has 0 fully saturated rings. The van der Waals surface area contributed by atoms with Crippen LogP contribution >= 0.6 is 0 Å². The van der Waals surface area contributed by atoms with E-state index in [1.807, 2.05) is 0 Å². The van der Waals surface area contributed by atoms with Crippen molar-refractivity contribution < 1.29 is 25.1 Å². The Balaban J connectivity index is 1.88. The second-order valence-electron chi connectivity index (χ2n) is 4.82. The second kappa shape index (κ2) is 6.97. The number of phenolic OH excluding ortho intramolecular Hbond substituents is 2. The Morgan fingerprint density at radius 3 is 2.27 bits per heavy atom. The summed E-state index contributed by atoms with van der Waals surface area (Å²) in [6.07, 6.45) is 0.507. The molecular formula is C15H16BNO5. The third kappa shape index (κ3) is 4.00. The van der Waals surface area contributed by atoms with Crippen LogP contribution in [0, 0.1) is 0 Å². The summed E-state index contributed by atoms with van der Waals surface area (Å²) < 4.78 is 0. The van der Waals surface area contributed by atoms with Gasteiger partial charge in [-0.1, -0.05) is 18.2 Å². The predicted molar refractivity (Wildman–Crippen MR) is 82.1 cm³/mol. The maximum absolute atomic E-state index is 11.9. The van der Waals surface area contributed by atoms with Crippen molar-refractivity contribution in [1.82, 2.24) is 5.32 Å². The minimum Gasteiger partial charge on any atom is -0.504 e. The van der Waals surface area contributed by atoms with Crippen LogP contribution in [-0.4, -0.2) is 39.8 Å². The van der Waals surface area contributed by atoms with Gasteiger partial charge in [0.2, 0.25) is 0 Å². The number of amides is 1. The highest BCUT2D eigenvalue weighted by atomic mass is 16.4. The molecule has 0 atom stereocenters. The summed E-state index contributed by atoms with van der Waals surface area (Å²) in [6, 6.07) is 10.5. The molecule has 0 radical (unpaired) electrons. The molecule has 0 unspecified atom stereocenters. The molecule has 0 spiro atoms. The average molecular weight is 301 g/mol. The monoisotopic (exact) mass is 301 g/mol. The highest BCUT2D eigenvalue weighted by Crippen LogP contribution is 2.24. The number of hydrogen-bond acceptors (Lipinski definition) is 5. The molecule has 2 aromatic carbocycles. The van der Waals surface area contributed by atoms with Crippen molar-refractivity contribution in [2.45, 2.75) is 6.42 Å². The van der Waals surface area contributed by atoms with Crippen LogP contribution < -0.4 is 10.8 Å². The van der Waals surface area contributed by atoms with Gasteiger partial charge in [-0.2, -0.15) is 0 Å². The first kappa shape index (κ1) is 15.9. The van der Waals surface area contributed by atoms with Gasteiger partial charge in [-0.15, -0.1) is 0 Å². The standard InChI is InChI=1S/C15H16BNO5/c18-13-6-1-10(9-14(13)19)7-8-17-15(20)11-2-4-12(5-3-11)16(21)22/h1-6,9,18-19,21-22H,7-8H2,(H,17,20). The molecule has 0 heterocycles. The van der Waals surface area contributed by atoms with E-state index in [2.05, 4.69) is 5.32 Å². The number of carbonyl (C=O) groups excluding carboxylic acids is 1. The molecule has 5 N–H and O–H groups in total. The largest absolute Gasteiger partial charge is 0.504 e. The normalized spacial score (nSPS) is 10.3. The first-order valence-electron chi connectivity index (χ1n) is 6.72. The maximum Gasteiger partial charge on any atom is 0.488 e. The molecule has 114 valence electrons. The molecule has 0 aliphatic rings. The van der Waals surface area contributed by atoms with E-state index in [1.54, 1.807) is 6.07 Å². The van der Waals surface area contributed by atoms with Gasteiger partial charge in [0.25, 0.3) is 5.91 Å². The quantitative estimate of drug-likeness (QED) is 0.386. The van der Waals surface area contributed by atoms with Crippen molar-refractivity contribution in [2.75, 3.05) is 6.54 Å². The molecule has 2 aromatic rings. The van der Waals surface area contributed by atoms with E-state index in [4.69, 9.17) is 10.0 Å². The molecular weight excluding hydrogens is 285 g/mol. The second-order valence-corrected chi connectivity index (χ2v) is 4.82. The Morgan fingerprint density at radius 2 is 1.68 bits per heavy atom. The lowest BCUT2D eigenvalue weighted by Crippen LogP contribution is -2.30. The zero-order chi connectivity index (χ0) is 16.1. The van der Waals surface area contributed by atoms with Gasteiger partial charge >= 0.3 is 7.12 Å². The van der Waals surface area contributed by atoms with Crippen LogP contribution in [0.3, 0.4) is 0 Å². The van der Waals surface area contributed by atoms with Crippen molar-refractivity contribution in [3.8, 4) is 11.5 Å². The first-order chi connectivity index (χ1) is 10.5. The summed E-state index contributed by atoms with van der Waals surface area (Å²) in [7, 11) is -1.56. The highest BCUT2D eigenvalue weighted by molar-refractivity contribution is 6.58. The Hall–Kier alpha value is -2.51. The molecule has 7 heteroatoms. The van der Waals surface area contributed by atoms with E-state index in [9.17, 15) is 15.0 Å². The topological polar surface area (TPSA) is 110 Å². The summed E-state index contributed by atoms with van der Waals surface area (Å²) in [5.41, 5.74) is 1.52. The minimum atomic E-state index is -1.56. The number of rotatable bonds is 5. The van der Waals surface area contributed by atoms with Gasteiger partial charge in [0.05, 0.1) is 0 Å². The van der Waals surface area contributed by atoms with Gasteiger partial charge in [0.15, 0.2) is 11.5 Å². The van der Waals surface area contributed by atoms with Crippen LogP contribution in [0.1, 0.15) is 15.9 Å². The Kier molecular flexibility index (Phi) is 5.03. The fourth-order valence-electron chi connectivity index (χ4n) is 1.95. The number of benzene rings is 2. The van der Waals surface area contributed by atoms with Crippen LogP contribution in [0.15, 0.2) is 42.5 Å². The zero-order valence-electron chi connectivity index (χ0n) is 11.7. The average Bonchev–Trinajstić information content (AvgIpc) is 2.51. The third-order valence-corrected chi connectivity index (χ3v) is 3.21. The summed E-state index contributed by atoms with van der Waals surface area (Å²) >= 11 is 0. The van der Waals surface area contributed by atoms with Crippen molar-refractivity contribution in [3.63, 3.8) is 0 Å². The van der Waals surface area contributed by atoms with Gasteiger partial charge < -0.3 is 25.6 Å². The fraction of sp³-hybridized carbons (Fsp3) is 0.133. The van der Waals surface area contributed by atoms with Crippen LogP contribution in [-0.2, 0) is 6.42 Å². The molecule has 0 aliphatic carbocycles. The van der Waals surface area contributed by atoms with E-state index >= 15 is 0 Å². The number of phenols is 2. The van der Waals surface area contributed by atoms with E-state index in [0.29, 0.717) is 24.0 Å². The molecule has 0 aliphatic heterocycles. The van der Waals surface area contributed by atoms with E-state index in [-0.39, 0.29) is 17.4 Å². The minimum absolute atomic E-state index is 0.182. The summed E-state index contributed by atoms with van der Waals surface area (Å²) in [5, 5.41) is 39.3. The smallest absolute Gasteiger partial charge is 0.488 e. The molecule has 22 heavy (non-hydrogen) atoms. The summed E-state index contributed by atoms with van der Waals surface area (Å²) in [4.78, 5) is 11.9. The zero-order valence-corrected chi connectivity index (χ0v) is 11.7. The first-order valence-corrected chi connectivity index (χ1v) is 6.72. The maximum atomic E-state index is 11.9. The Bertz CT molecular complexity index is 657. The molecule has 1 amide bonds. The van der Waals surface area contributed by atoms with E-state index in [0.717, 1.165) is 5.56 Å². The van der Waals surface area contributed by atoms with Crippen LogP contribution in [0.25, 0.3) is 0 Å². The van der Waals surface area contributed by atoms with Gasteiger partial charge in [-0.05, 0) is 41.7 Å². The van der Waals surface area contributed by atoms with Gasteiger partial charge in [-0.3, -0.25) is 4.79 Å². The fourth-order valence-corrected chi connectivity index (χ4v) is 1.95. The number of aromatic hydroxyl groups is 2. The van der Waals surface area contributed by atoms with Gasteiger partial charge in [0, 0.05) is 12.1 Å². The lowest BCUT2D eigenvalue weighted by atomic mass is 9.80. The van der Waals surface area contributed by atoms with Crippen molar-refractivity contribution in [1.29, 1.82) is 0 Å². The van der Waals surface area contributed by atoms with Crippen LogP contribution in [0.4, 0.5) is 0 Å². The number of carbonyl (C=O) groups is 1. The molecule has 6 nitrogen and oxygen atoms in total. The molecule has 0 saturated carbocycles. The Morgan fingerprint density at radius 1 is 1.00 bits per heavy atom. The molecule has 2 rings (SSSR count). The SMILES string of the molecule is O=C(NCCc1ccc(O)c(O)c1)c1ccc(B(O)O)cc1. The van der Waals surface area contributed by atoms with Crippen molar-refractivity contribution >= 4 is 18.5 Å². The number of nitrogens with one attached hydrogen (secondary N) is 1.